The molecule has 1 rings (SSSR count). The second kappa shape index (κ2) is 7.47. The maximum Gasteiger partial charge on any atom is 0.340 e. The smallest absolute Gasteiger partial charge is 0.340 e. The normalized spacial score (nSPS) is 13.6. The molecule has 0 radical (unpaired) electrons. The summed E-state index contributed by atoms with van der Waals surface area (Å²) < 4.78 is 54.4. The molecule has 2 nitrogen and oxygen atoms in total. The van der Waals surface area contributed by atoms with E-state index < -0.39 is 19.0 Å². The number of rotatable bonds is 8. The molecule has 1 aromatic rings. The SMILES string of the molecule is CCNC(CC)c1cccc(OCC(F)(F)C(F)F)c1. The number of hydrogen-bond acceptors (Lipinski definition) is 2. The Kier molecular flexibility index (Phi) is 6.26. The summed E-state index contributed by atoms with van der Waals surface area (Å²) >= 11 is 0. The van der Waals surface area contributed by atoms with E-state index in [0.29, 0.717) is 0 Å². The Morgan fingerprint density at radius 1 is 1.25 bits per heavy atom. The van der Waals surface area contributed by atoms with E-state index in [1.54, 1.807) is 12.1 Å². The van der Waals surface area contributed by atoms with Gasteiger partial charge in [-0.1, -0.05) is 26.0 Å². The summed E-state index contributed by atoms with van der Waals surface area (Å²) in [6.45, 7) is 3.40. The zero-order chi connectivity index (χ0) is 15.2. The lowest BCUT2D eigenvalue weighted by Crippen LogP contribution is -2.33. The Balaban J connectivity index is 2.73. The number of benzene rings is 1. The third kappa shape index (κ3) is 4.67. The maximum absolute atomic E-state index is 12.8. The van der Waals surface area contributed by atoms with E-state index in [4.69, 9.17) is 4.74 Å². The van der Waals surface area contributed by atoms with Crippen LogP contribution in [-0.2, 0) is 0 Å². The van der Waals surface area contributed by atoms with Crippen molar-refractivity contribution in [2.75, 3.05) is 13.2 Å². The van der Waals surface area contributed by atoms with Crippen LogP contribution in [-0.4, -0.2) is 25.5 Å². The van der Waals surface area contributed by atoms with E-state index in [0.717, 1.165) is 18.5 Å². The van der Waals surface area contributed by atoms with Crippen molar-refractivity contribution in [2.24, 2.45) is 0 Å². The third-order valence-corrected chi connectivity index (χ3v) is 2.87. The highest BCUT2D eigenvalue weighted by Crippen LogP contribution is 2.26. The van der Waals surface area contributed by atoms with Gasteiger partial charge in [0.1, 0.15) is 5.75 Å². The van der Waals surface area contributed by atoms with Crippen LogP contribution in [0.1, 0.15) is 31.9 Å². The molecule has 1 N–H and O–H groups in total. The molecule has 6 heteroatoms. The number of alkyl halides is 4. The van der Waals surface area contributed by atoms with Crippen LogP contribution in [0.2, 0.25) is 0 Å². The van der Waals surface area contributed by atoms with E-state index in [-0.39, 0.29) is 11.8 Å². The van der Waals surface area contributed by atoms with Crippen LogP contribution >= 0.6 is 0 Å². The summed E-state index contributed by atoms with van der Waals surface area (Å²) in [4.78, 5) is 0. The molecule has 0 aromatic heterocycles. The zero-order valence-corrected chi connectivity index (χ0v) is 11.5. The Morgan fingerprint density at radius 3 is 2.50 bits per heavy atom. The molecule has 0 fully saturated rings. The summed E-state index contributed by atoms with van der Waals surface area (Å²) in [6.07, 6.45) is -2.90. The summed E-state index contributed by atoms with van der Waals surface area (Å²) in [5, 5.41) is 3.24. The summed E-state index contributed by atoms with van der Waals surface area (Å²) in [6, 6.07) is 6.65. The van der Waals surface area contributed by atoms with Crippen LogP contribution in [0.3, 0.4) is 0 Å². The summed E-state index contributed by atoms with van der Waals surface area (Å²) in [5.41, 5.74) is 0.882. The van der Waals surface area contributed by atoms with Crippen LogP contribution in [0.4, 0.5) is 17.6 Å². The zero-order valence-electron chi connectivity index (χ0n) is 11.5. The Morgan fingerprint density at radius 2 is 1.95 bits per heavy atom. The average molecular weight is 293 g/mol. The molecule has 1 aromatic carbocycles. The molecular formula is C14H19F4NO. The van der Waals surface area contributed by atoms with E-state index in [2.05, 4.69) is 5.32 Å². The fraction of sp³-hybridized carbons (Fsp3) is 0.571. The Labute approximate surface area is 116 Å². The van der Waals surface area contributed by atoms with Crippen LogP contribution in [0.25, 0.3) is 0 Å². The third-order valence-electron chi connectivity index (χ3n) is 2.87. The quantitative estimate of drug-likeness (QED) is 0.731. The van der Waals surface area contributed by atoms with E-state index in [1.165, 1.54) is 6.07 Å². The highest BCUT2D eigenvalue weighted by Gasteiger charge is 2.41. The van der Waals surface area contributed by atoms with Gasteiger partial charge in [0.2, 0.25) is 0 Å². The first kappa shape index (κ1) is 16.8. The molecule has 0 saturated carbocycles. The molecule has 0 aliphatic rings. The number of ether oxygens (including phenoxy) is 1. The second-order valence-electron chi connectivity index (χ2n) is 4.44. The molecule has 0 aliphatic heterocycles. The molecule has 0 saturated heterocycles. The van der Waals surface area contributed by atoms with Gasteiger partial charge in [0.25, 0.3) is 0 Å². The van der Waals surface area contributed by atoms with Gasteiger partial charge in [0, 0.05) is 6.04 Å². The van der Waals surface area contributed by atoms with E-state index >= 15 is 0 Å². The van der Waals surface area contributed by atoms with Gasteiger partial charge in [-0.25, -0.2) is 8.78 Å². The first-order chi connectivity index (χ1) is 9.40. The van der Waals surface area contributed by atoms with Gasteiger partial charge in [-0.15, -0.1) is 0 Å². The minimum absolute atomic E-state index is 0.0826. The predicted molar refractivity (Wildman–Crippen MR) is 69.6 cm³/mol. The van der Waals surface area contributed by atoms with E-state index in [9.17, 15) is 17.6 Å². The van der Waals surface area contributed by atoms with Crippen molar-refractivity contribution in [3.8, 4) is 5.75 Å². The first-order valence-corrected chi connectivity index (χ1v) is 6.52. The summed E-state index contributed by atoms with van der Waals surface area (Å²) in [7, 11) is 0. The average Bonchev–Trinajstić information content (AvgIpc) is 2.43. The van der Waals surface area contributed by atoms with Crippen molar-refractivity contribution in [3.63, 3.8) is 0 Å². The van der Waals surface area contributed by atoms with Gasteiger partial charge < -0.3 is 10.1 Å². The molecular weight excluding hydrogens is 274 g/mol. The minimum atomic E-state index is -4.14. The van der Waals surface area contributed by atoms with Gasteiger partial charge in [-0.2, -0.15) is 8.78 Å². The Hall–Kier alpha value is -1.30. The molecule has 0 spiro atoms. The van der Waals surface area contributed by atoms with Crippen molar-refractivity contribution in [1.82, 2.24) is 5.32 Å². The molecule has 0 heterocycles. The molecule has 0 aliphatic carbocycles. The maximum atomic E-state index is 12.8. The topological polar surface area (TPSA) is 21.3 Å². The van der Waals surface area contributed by atoms with Crippen molar-refractivity contribution >= 4 is 0 Å². The van der Waals surface area contributed by atoms with Crippen molar-refractivity contribution < 1.29 is 22.3 Å². The largest absolute Gasteiger partial charge is 0.487 e. The lowest BCUT2D eigenvalue weighted by molar-refractivity contribution is -0.148. The molecule has 0 amide bonds. The lowest BCUT2D eigenvalue weighted by Gasteiger charge is -2.19. The van der Waals surface area contributed by atoms with Crippen LogP contribution in [0.5, 0.6) is 5.75 Å². The number of nitrogens with one attached hydrogen (secondary N) is 1. The minimum Gasteiger partial charge on any atom is -0.487 e. The van der Waals surface area contributed by atoms with Crippen LogP contribution in [0, 0.1) is 0 Å². The van der Waals surface area contributed by atoms with Crippen molar-refractivity contribution in [2.45, 2.75) is 38.7 Å². The van der Waals surface area contributed by atoms with Gasteiger partial charge in [0.15, 0.2) is 6.61 Å². The highest BCUT2D eigenvalue weighted by atomic mass is 19.3. The lowest BCUT2D eigenvalue weighted by atomic mass is 10.0. The van der Waals surface area contributed by atoms with E-state index in [1.807, 2.05) is 19.9 Å². The fourth-order valence-electron chi connectivity index (χ4n) is 1.81. The number of hydrogen-bond donors (Lipinski definition) is 1. The Bertz CT molecular complexity index is 412. The monoisotopic (exact) mass is 293 g/mol. The van der Waals surface area contributed by atoms with Crippen LogP contribution < -0.4 is 10.1 Å². The number of halogens is 4. The van der Waals surface area contributed by atoms with Crippen molar-refractivity contribution in [3.05, 3.63) is 29.8 Å². The second-order valence-corrected chi connectivity index (χ2v) is 4.44. The molecule has 1 atom stereocenters. The standard InChI is InChI=1S/C14H19F4NO/c1-3-12(19-4-2)10-6-5-7-11(8-10)20-9-14(17,18)13(15)16/h5-8,12-13,19H,3-4,9H2,1-2H3. The van der Waals surface area contributed by atoms with Crippen molar-refractivity contribution in [1.29, 1.82) is 0 Å². The molecule has 0 bridgehead atoms. The molecule has 114 valence electrons. The van der Waals surface area contributed by atoms with Gasteiger partial charge in [-0.3, -0.25) is 0 Å². The summed E-state index contributed by atoms with van der Waals surface area (Å²) in [5.74, 6) is -3.97. The molecule has 20 heavy (non-hydrogen) atoms. The molecule has 1 unspecified atom stereocenters. The van der Waals surface area contributed by atoms with Gasteiger partial charge in [-0.05, 0) is 30.7 Å². The first-order valence-electron chi connectivity index (χ1n) is 6.52. The fourth-order valence-corrected chi connectivity index (χ4v) is 1.81. The predicted octanol–water partition coefficient (Wildman–Crippen LogP) is 4.03. The van der Waals surface area contributed by atoms with Gasteiger partial charge in [0.05, 0.1) is 0 Å². The van der Waals surface area contributed by atoms with Gasteiger partial charge >= 0.3 is 12.3 Å². The highest BCUT2D eigenvalue weighted by molar-refractivity contribution is 5.30. The van der Waals surface area contributed by atoms with Crippen LogP contribution in [0.15, 0.2) is 24.3 Å².